The van der Waals surface area contributed by atoms with Crippen LogP contribution in [0.15, 0.2) is 52.0 Å². The molecule has 164 valence electrons. The molecule has 32 heavy (non-hydrogen) atoms. The van der Waals surface area contributed by atoms with E-state index in [2.05, 4.69) is 10.5 Å². The van der Waals surface area contributed by atoms with Gasteiger partial charge in [-0.1, -0.05) is 18.2 Å². The molecule has 0 saturated carbocycles. The largest absolute Gasteiger partial charge is 0.507 e. The Labute approximate surface area is 185 Å². The van der Waals surface area contributed by atoms with Crippen molar-refractivity contribution in [2.75, 3.05) is 0 Å². The SMILES string of the molecule is Cc1cc(C)cc(OC(=O)c2oc3c(c2C)/C(=N/NC(=O)c2ccccc2O)CCC3)c1. The van der Waals surface area contributed by atoms with Crippen molar-refractivity contribution in [3.8, 4) is 11.5 Å². The van der Waals surface area contributed by atoms with Gasteiger partial charge in [-0.25, -0.2) is 10.2 Å². The molecule has 0 radical (unpaired) electrons. The summed E-state index contributed by atoms with van der Waals surface area (Å²) in [4.78, 5) is 25.2. The average molecular weight is 432 g/mol. The fourth-order valence-corrected chi connectivity index (χ4v) is 3.96. The number of carbonyl (C=O) groups is 2. The Morgan fingerprint density at radius 1 is 1.06 bits per heavy atom. The Morgan fingerprint density at radius 3 is 2.50 bits per heavy atom. The van der Waals surface area contributed by atoms with Gasteiger partial charge in [0.1, 0.15) is 17.3 Å². The van der Waals surface area contributed by atoms with E-state index in [0.29, 0.717) is 35.6 Å². The van der Waals surface area contributed by atoms with Crippen LogP contribution in [-0.4, -0.2) is 22.7 Å². The highest BCUT2D eigenvalue weighted by Crippen LogP contribution is 2.31. The molecule has 0 saturated heterocycles. The number of hydrogen-bond acceptors (Lipinski definition) is 6. The van der Waals surface area contributed by atoms with Crippen molar-refractivity contribution < 1.29 is 23.8 Å². The van der Waals surface area contributed by atoms with E-state index in [9.17, 15) is 14.7 Å². The summed E-state index contributed by atoms with van der Waals surface area (Å²) in [7, 11) is 0. The lowest BCUT2D eigenvalue weighted by Gasteiger charge is -2.13. The number of benzene rings is 2. The average Bonchev–Trinajstić information content (AvgIpc) is 3.09. The van der Waals surface area contributed by atoms with Gasteiger partial charge in [0, 0.05) is 17.5 Å². The summed E-state index contributed by atoms with van der Waals surface area (Å²) in [6.07, 6.45) is 2.07. The van der Waals surface area contributed by atoms with E-state index in [1.165, 1.54) is 12.1 Å². The first-order valence-corrected chi connectivity index (χ1v) is 10.4. The fourth-order valence-electron chi connectivity index (χ4n) is 3.96. The minimum Gasteiger partial charge on any atom is -0.507 e. The molecule has 4 rings (SSSR count). The molecule has 0 aliphatic heterocycles. The highest BCUT2D eigenvalue weighted by atomic mass is 16.5. The number of amides is 1. The van der Waals surface area contributed by atoms with Crippen LogP contribution in [0.4, 0.5) is 0 Å². The Kier molecular flexibility index (Phi) is 5.81. The number of nitrogens with one attached hydrogen (secondary N) is 1. The molecule has 1 aliphatic rings. The zero-order chi connectivity index (χ0) is 22.8. The number of carbonyl (C=O) groups excluding carboxylic acids is 2. The van der Waals surface area contributed by atoms with E-state index in [1.807, 2.05) is 19.9 Å². The summed E-state index contributed by atoms with van der Waals surface area (Å²) < 4.78 is 11.4. The van der Waals surface area contributed by atoms with Crippen molar-refractivity contribution >= 4 is 17.6 Å². The Hall–Kier alpha value is -3.87. The van der Waals surface area contributed by atoms with Crippen LogP contribution in [0.2, 0.25) is 0 Å². The lowest BCUT2D eigenvalue weighted by Crippen LogP contribution is -2.22. The summed E-state index contributed by atoms with van der Waals surface area (Å²) in [6.45, 7) is 5.66. The van der Waals surface area contributed by atoms with Crippen LogP contribution in [0, 0.1) is 20.8 Å². The number of phenols is 1. The number of rotatable bonds is 4. The molecule has 1 heterocycles. The molecular weight excluding hydrogens is 408 g/mol. The van der Waals surface area contributed by atoms with Crippen molar-refractivity contribution in [1.29, 1.82) is 0 Å². The van der Waals surface area contributed by atoms with Crippen LogP contribution in [0.1, 0.15) is 61.8 Å². The minimum absolute atomic E-state index is 0.120. The topological polar surface area (TPSA) is 101 Å². The molecule has 3 aromatic rings. The van der Waals surface area contributed by atoms with Gasteiger partial charge in [0.25, 0.3) is 5.91 Å². The first kappa shape index (κ1) is 21.4. The molecule has 7 heteroatoms. The molecule has 1 aliphatic carbocycles. The summed E-state index contributed by atoms with van der Waals surface area (Å²) in [5.41, 5.74) is 6.61. The molecule has 0 unspecified atom stereocenters. The van der Waals surface area contributed by atoms with Crippen molar-refractivity contribution in [1.82, 2.24) is 5.43 Å². The highest BCUT2D eigenvalue weighted by molar-refractivity contribution is 6.07. The molecule has 0 bridgehead atoms. The molecule has 7 nitrogen and oxygen atoms in total. The van der Waals surface area contributed by atoms with Crippen molar-refractivity contribution in [2.24, 2.45) is 5.10 Å². The number of fused-ring (bicyclic) bond motifs is 1. The van der Waals surface area contributed by atoms with Gasteiger partial charge >= 0.3 is 5.97 Å². The van der Waals surface area contributed by atoms with Gasteiger partial charge in [-0.3, -0.25) is 4.79 Å². The smallest absolute Gasteiger partial charge is 0.379 e. The maximum atomic E-state index is 12.8. The summed E-state index contributed by atoms with van der Waals surface area (Å²) in [5, 5.41) is 14.1. The van der Waals surface area contributed by atoms with Crippen LogP contribution >= 0.6 is 0 Å². The van der Waals surface area contributed by atoms with Crippen molar-refractivity contribution in [3.05, 3.63) is 81.8 Å². The van der Waals surface area contributed by atoms with E-state index in [1.54, 1.807) is 31.2 Å². The Morgan fingerprint density at radius 2 is 1.78 bits per heavy atom. The van der Waals surface area contributed by atoms with Gasteiger partial charge < -0.3 is 14.3 Å². The molecule has 0 spiro atoms. The zero-order valence-corrected chi connectivity index (χ0v) is 18.2. The maximum Gasteiger partial charge on any atom is 0.379 e. The van der Waals surface area contributed by atoms with Crippen molar-refractivity contribution in [3.63, 3.8) is 0 Å². The van der Waals surface area contributed by atoms with Crippen LogP contribution < -0.4 is 10.2 Å². The number of furan rings is 1. The first-order valence-electron chi connectivity index (χ1n) is 10.4. The third-order valence-electron chi connectivity index (χ3n) is 5.36. The number of aryl methyl sites for hydroxylation is 3. The van der Waals surface area contributed by atoms with Gasteiger partial charge in [0.15, 0.2) is 0 Å². The number of hydrazone groups is 1. The molecule has 2 aromatic carbocycles. The summed E-state index contributed by atoms with van der Waals surface area (Å²) in [5.74, 6) is 0.0424. The number of nitrogens with zero attached hydrogens (tertiary/aromatic N) is 1. The molecule has 2 N–H and O–H groups in total. The van der Waals surface area contributed by atoms with Gasteiger partial charge in [-0.2, -0.15) is 5.10 Å². The first-order chi connectivity index (χ1) is 15.3. The zero-order valence-electron chi connectivity index (χ0n) is 18.2. The van der Waals surface area contributed by atoms with E-state index in [-0.39, 0.29) is 17.1 Å². The lowest BCUT2D eigenvalue weighted by atomic mass is 9.93. The number of esters is 1. The molecule has 0 fully saturated rings. The Bertz CT molecular complexity index is 1220. The molecule has 1 amide bonds. The maximum absolute atomic E-state index is 12.8. The van der Waals surface area contributed by atoms with Gasteiger partial charge in [0.2, 0.25) is 5.76 Å². The van der Waals surface area contributed by atoms with Crippen LogP contribution in [0.3, 0.4) is 0 Å². The fraction of sp³-hybridized carbons (Fsp3) is 0.240. The third-order valence-corrected chi connectivity index (χ3v) is 5.36. The minimum atomic E-state index is -0.570. The third kappa shape index (κ3) is 4.27. The van der Waals surface area contributed by atoms with E-state index < -0.39 is 11.9 Å². The standard InChI is InChI=1S/C25H24N2O5/c1-14-11-15(2)13-17(12-14)31-25(30)23-16(3)22-19(8-6-10-21(22)32-23)26-27-24(29)18-7-4-5-9-20(18)28/h4-5,7,9,11-13,28H,6,8,10H2,1-3H3,(H,27,29)/b26-19+. The van der Waals surface area contributed by atoms with Crippen LogP contribution in [-0.2, 0) is 6.42 Å². The predicted octanol–water partition coefficient (Wildman–Crippen LogP) is 4.60. The van der Waals surface area contributed by atoms with E-state index in [4.69, 9.17) is 9.15 Å². The van der Waals surface area contributed by atoms with E-state index in [0.717, 1.165) is 23.1 Å². The second kappa shape index (κ2) is 8.70. The quantitative estimate of drug-likeness (QED) is 0.356. The molecular formula is C25H24N2O5. The van der Waals surface area contributed by atoms with E-state index >= 15 is 0 Å². The normalized spacial score (nSPS) is 14.2. The lowest BCUT2D eigenvalue weighted by molar-refractivity contribution is 0.0698. The van der Waals surface area contributed by atoms with Gasteiger partial charge in [-0.05, 0) is 69.0 Å². The predicted molar refractivity (Wildman–Crippen MR) is 119 cm³/mol. The summed E-state index contributed by atoms with van der Waals surface area (Å²) >= 11 is 0. The number of para-hydroxylation sites is 1. The second-order valence-electron chi connectivity index (χ2n) is 7.94. The molecule has 1 aromatic heterocycles. The van der Waals surface area contributed by atoms with Gasteiger partial charge in [0.05, 0.1) is 11.3 Å². The number of hydrogen-bond donors (Lipinski definition) is 2. The van der Waals surface area contributed by atoms with Crippen LogP contribution in [0.25, 0.3) is 0 Å². The number of aromatic hydroxyl groups is 1. The summed E-state index contributed by atoms with van der Waals surface area (Å²) in [6, 6.07) is 11.8. The number of phenolic OH excluding ortho intramolecular Hbond substituents is 1. The van der Waals surface area contributed by atoms with Gasteiger partial charge in [-0.15, -0.1) is 0 Å². The Balaban J connectivity index is 1.58. The highest BCUT2D eigenvalue weighted by Gasteiger charge is 2.29. The number of ether oxygens (including phenoxy) is 1. The van der Waals surface area contributed by atoms with Crippen molar-refractivity contribution in [2.45, 2.75) is 40.0 Å². The molecule has 0 atom stereocenters. The van der Waals surface area contributed by atoms with Crippen LogP contribution in [0.5, 0.6) is 11.5 Å². The second-order valence-corrected chi connectivity index (χ2v) is 7.94. The monoisotopic (exact) mass is 432 g/mol.